The molecule has 2 fully saturated rings. The van der Waals surface area contributed by atoms with Gasteiger partial charge in [-0.15, -0.1) is 0 Å². The molecule has 1 aliphatic heterocycles. The van der Waals surface area contributed by atoms with Gasteiger partial charge < -0.3 is 19.6 Å². The Morgan fingerprint density at radius 1 is 1.19 bits per heavy atom. The normalized spacial score (nSPS) is 19.7. The molecule has 1 saturated carbocycles. The van der Waals surface area contributed by atoms with Gasteiger partial charge in [-0.1, -0.05) is 0 Å². The van der Waals surface area contributed by atoms with Crippen LogP contribution in [0.15, 0.2) is 12.4 Å². The van der Waals surface area contributed by atoms with Crippen molar-refractivity contribution in [3.8, 4) is 0 Å². The second-order valence-corrected chi connectivity index (χ2v) is 7.57. The first kappa shape index (κ1) is 20.5. The Kier molecular flexibility index (Phi) is 6.20. The molecule has 8 nitrogen and oxygen atoms in total. The molecule has 0 spiro atoms. The number of hydrogen-bond acceptors (Lipinski definition) is 6. The van der Waals surface area contributed by atoms with E-state index in [0.717, 1.165) is 25.8 Å². The zero-order chi connectivity index (χ0) is 18.2. The van der Waals surface area contributed by atoms with Crippen molar-refractivity contribution < 1.29 is 19.4 Å². The molecule has 1 N–H and O–H groups in total. The summed E-state index contributed by atoms with van der Waals surface area (Å²) >= 11 is 0. The minimum atomic E-state index is -1.09. The zero-order valence-electron chi connectivity index (χ0n) is 14.8. The van der Waals surface area contributed by atoms with Crippen LogP contribution in [0.5, 0.6) is 0 Å². The second-order valence-electron chi connectivity index (χ2n) is 7.57. The van der Waals surface area contributed by atoms with Crippen molar-refractivity contribution in [2.75, 3.05) is 18.0 Å². The summed E-state index contributed by atoms with van der Waals surface area (Å²) in [4.78, 5) is 35.5. The third-order valence-corrected chi connectivity index (χ3v) is 4.28. The number of hydrogen-bond donors (Lipinski definition) is 1. The van der Waals surface area contributed by atoms with Gasteiger partial charge in [-0.05, 0) is 40.0 Å². The van der Waals surface area contributed by atoms with E-state index in [-0.39, 0.29) is 42.7 Å². The van der Waals surface area contributed by atoms with E-state index < -0.39 is 11.6 Å². The van der Waals surface area contributed by atoms with E-state index in [1.807, 2.05) is 30.6 Å². The number of ether oxygens (including phenoxy) is 1. The number of carboxylic acids is 1. The van der Waals surface area contributed by atoms with Crippen molar-refractivity contribution in [3.63, 3.8) is 0 Å². The van der Waals surface area contributed by atoms with E-state index in [1.165, 1.54) is 12.4 Å². The first-order valence-electron chi connectivity index (χ1n) is 8.56. The maximum absolute atomic E-state index is 12.6. The summed E-state index contributed by atoms with van der Waals surface area (Å²) in [6.45, 7) is 7.01. The summed E-state index contributed by atoms with van der Waals surface area (Å²) in [7, 11) is 0. The Labute approximate surface area is 165 Å². The van der Waals surface area contributed by atoms with Crippen molar-refractivity contribution in [2.24, 2.45) is 0 Å². The first-order valence-corrected chi connectivity index (χ1v) is 8.56. The van der Waals surface area contributed by atoms with E-state index in [4.69, 9.17) is 9.84 Å². The van der Waals surface area contributed by atoms with Crippen LogP contribution in [0.2, 0.25) is 0 Å². The quantitative estimate of drug-likeness (QED) is 0.817. The van der Waals surface area contributed by atoms with E-state index in [0.29, 0.717) is 12.4 Å². The molecule has 1 atom stereocenters. The van der Waals surface area contributed by atoms with Crippen LogP contribution in [-0.4, -0.2) is 81.7 Å². The summed E-state index contributed by atoms with van der Waals surface area (Å²) in [5.41, 5.74) is -0.589. The summed E-state index contributed by atoms with van der Waals surface area (Å²) in [5, 5.41) is 8.90. The number of carbonyl (C=O) groups excluding carboxylic acids is 1. The number of nitrogens with zero attached hydrogens (tertiary/aromatic N) is 4. The van der Waals surface area contributed by atoms with E-state index in [2.05, 4.69) is 9.97 Å². The molecule has 0 radical (unpaired) electrons. The van der Waals surface area contributed by atoms with Crippen molar-refractivity contribution in [1.82, 2.24) is 14.9 Å². The summed E-state index contributed by atoms with van der Waals surface area (Å²) < 4.78 is 5.57. The average Bonchev–Trinajstić information content (AvgIpc) is 3.22. The standard InChI is InChI=1S/C17H24N4O4.Li.H/c1-17(2,3)25-16(24)21(11-4-5-11)12-6-7-20(10-12)14-9-18-13(8-19-14)15(22)23;;/h8-9,11-12H,4-7,10H2,1-3H3,(H,22,23);;. The first-order chi connectivity index (χ1) is 11.7. The Bertz CT molecular complexity index is 658. The number of aromatic carboxylic acids is 1. The van der Waals surface area contributed by atoms with Gasteiger partial charge in [0.05, 0.1) is 18.4 Å². The van der Waals surface area contributed by atoms with Crippen LogP contribution < -0.4 is 4.90 Å². The molecule has 1 unspecified atom stereocenters. The predicted molar refractivity (Wildman–Crippen MR) is 97.9 cm³/mol. The van der Waals surface area contributed by atoms with Gasteiger partial charge in [-0.2, -0.15) is 0 Å². The van der Waals surface area contributed by atoms with Gasteiger partial charge in [-0.25, -0.2) is 19.6 Å². The van der Waals surface area contributed by atoms with Gasteiger partial charge in [0.25, 0.3) is 0 Å². The van der Waals surface area contributed by atoms with E-state index in [1.54, 1.807) is 0 Å². The van der Waals surface area contributed by atoms with E-state index >= 15 is 0 Å². The molecular weight excluding hydrogens is 331 g/mol. The van der Waals surface area contributed by atoms with Crippen LogP contribution in [-0.2, 0) is 4.74 Å². The number of carbonyl (C=O) groups is 2. The molecule has 1 aromatic heterocycles. The van der Waals surface area contributed by atoms with Crippen LogP contribution in [0.4, 0.5) is 10.6 Å². The summed E-state index contributed by atoms with van der Waals surface area (Å²) in [6.07, 6.45) is 5.34. The Hall–Kier alpha value is -1.78. The summed E-state index contributed by atoms with van der Waals surface area (Å²) in [5.74, 6) is -0.462. The number of anilines is 1. The van der Waals surface area contributed by atoms with Crippen molar-refractivity contribution in [1.29, 1.82) is 0 Å². The molecule has 0 aromatic carbocycles. The maximum atomic E-state index is 12.6. The SMILES string of the molecule is CC(C)(C)OC(=O)N(C1CC1)C1CCN(c2cnc(C(=O)O)cn2)C1.[LiH]. The van der Waals surface area contributed by atoms with Gasteiger partial charge in [0.15, 0.2) is 5.69 Å². The number of aromatic nitrogens is 2. The van der Waals surface area contributed by atoms with Crippen molar-refractivity contribution in [3.05, 3.63) is 18.1 Å². The van der Waals surface area contributed by atoms with E-state index in [9.17, 15) is 9.59 Å². The number of amides is 1. The molecule has 1 saturated heterocycles. The Morgan fingerprint density at radius 3 is 2.38 bits per heavy atom. The number of carboxylic acid groups (broad SMARTS) is 1. The molecule has 26 heavy (non-hydrogen) atoms. The second kappa shape index (κ2) is 7.85. The Balaban J connectivity index is 0.00000243. The van der Waals surface area contributed by atoms with Crippen LogP contribution in [0.25, 0.3) is 0 Å². The fourth-order valence-electron chi connectivity index (χ4n) is 3.04. The predicted octanol–water partition coefficient (Wildman–Crippen LogP) is 1.50. The fourth-order valence-corrected chi connectivity index (χ4v) is 3.04. The van der Waals surface area contributed by atoms with Gasteiger partial charge in [0.2, 0.25) is 0 Å². The molecule has 0 bridgehead atoms. The van der Waals surface area contributed by atoms with Crippen LogP contribution >= 0.6 is 0 Å². The van der Waals surface area contributed by atoms with Crippen LogP contribution in [0.3, 0.4) is 0 Å². The van der Waals surface area contributed by atoms with Gasteiger partial charge in [0, 0.05) is 19.1 Å². The molecule has 3 rings (SSSR count). The van der Waals surface area contributed by atoms with Crippen molar-refractivity contribution >= 4 is 36.7 Å². The molecule has 2 aliphatic rings. The average molecular weight is 356 g/mol. The zero-order valence-corrected chi connectivity index (χ0v) is 14.8. The van der Waals surface area contributed by atoms with Gasteiger partial charge >= 0.3 is 30.9 Å². The van der Waals surface area contributed by atoms with Gasteiger partial charge in [-0.3, -0.25) is 0 Å². The van der Waals surface area contributed by atoms with Gasteiger partial charge in [0.1, 0.15) is 11.4 Å². The monoisotopic (exact) mass is 356 g/mol. The third kappa shape index (κ3) is 4.89. The summed E-state index contributed by atoms with van der Waals surface area (Å²) in [6, 6.07) is 0.337. The molecule has 1 amide bonds. The topological polar surface area (TPSA) is 95.9 Å². The molecule has 1 aliphatic carbocycles. The third-order valence-electron chi connectivity index (χ3n) is 4.28. The molecule has 9 heteroatoms. The molecule has 2 heterocycles. The van der Waals surface area contributed by atoms with Crippen molar-refractivity contribution in [2.45, 2.75) is 57.7 Å². The molecule has 138 valence electrons. The van der Waals surface area contributed by atoms with Crippen LogP contribution in [0.1, 0.15) is 50.5 Å². The fraction of sp³-hybridized carbons (Fsp3) is 0.647. The minimum absolute atomic E-state index is 0. The molecule has 1 aromatic rings. The van der Waals surface area contributed by atoms with Crippen LogP contribution in [0, 0.1) is 0 Å². The molecular formula is C17H25LiN4O4. The number of rotatable bonds is 4. The Morgan fingerprint density at radius 2 is 1.88 bits per heavy atom.